The Labute approximate surface area is 85.5 Å². The van der Waals surface area contributed by atoms with Crippen molar-refractivity contribution < 1.29 is 18.3 Å². The van der Waals surface area contributed by atoms with Gasteiger partial charge in [-0.15, -0.1) is 0 Å². The van der Waals surface area contributed by atoms with E-state index in [-0.39, 0.29) is 24.6 Å². The van der Waals surface area contributed by atoms with Crippen molar-refractivity contribution in [2.45, 2.75) is 32.5 Å². The molecule has 0 aliphatic rings. The molecule has 0 saturated heterocycles. The van der Waals surface area contributed by atoms with Gasteiger partial charge in [0.25, 0.3) is 0 Å². The second-order valence-electron chi connectivity index (χ2n) is 3.55. The average Bonchev–Trinajstić information content (AvgIpc) is 2.48. The number of halogens is 3. The Balaban J connectivity index is 3.12. The molecule has 0 atom stereocenters. The summed E-state index contributed by atoms with van der Waals surface area (Å²) >= 11 is 0. The zero-order chi connectivity index (χ0) is 11.6. The molecule has 0 bridgehead atoms. The summed E-state index contributed by atoms with van der Waals surface area (Å²) in [5.41, 5.74) is -0.857. The summed E-state index contributed by atoms with van der Waals surface area (Å²) in [7, 11) is 0. The molecule has 1 aromatic rings. The van der Waals surface area contributed by atoms with Crippen LogP contribution in [0.1, 0.15) is 31.1 Å². The van der Waals surface area contributed by atoms with Crippen molar-refractivity contribution in [3.8, 4) is 0 Å². The highest BCUT2D eigenvalue weighted by Crippen LogP contribution is 2.31. The van der Waals surface area contributed by atoms with Crippen molar-refractivity contribution >= 4 is 0 Å². The van der Waals surface area contributed by atoms with E-state index in [1.165, 1.54) is 10.9 Å². The maximum absolute atomic E-state index is 12.5. The standard InChI is InChI=1S/C9H13F3N2O/c1-6(2)14-5-7(3-4-15)8(13-14)9(10,11)12/h5-6,15H,3-4H2,1-2H3. The molecule has 0 aromatic carbocycles. The van der Waals surface area contributed by atoms with Crippen molar-refractivity contribution in [3.05, 3.63) is 17.5 Å². The number of aliphatic hydroxyl groups is 1. The van der Waals surface area contributed by atoms with Crippen LogP contribution in [0.15, 0.2) is 6.20 Å². The van der Waals surface area contributed by atoms with Gasteiger partial charge in [-0.05, 0) is 20.3 Å². The Morgan fingerprint density at radius 3 is 2.47 bits per heavy atom. The van der Waals surface area contributed by atoms with Gasteiger partial charge in [0.2, 0.25) is 0 Å². The van der Waals surface area contributed by atoms with Gasteiger partial charge in [0.1, 0.15) is 0 Å². The van der Waals surface area contributed by atoms with Crippen LogP contribution in [-0.4, -0.2) is 21.5 Å². The lowest BCUT2D eigenvalue weighted by molar-refractivity contribution is -0.142. The molecule has 0 radical (unpaired) electrons. The molecule has 3 nitrogen and oxygen atoms in total. The van der Waals surface area contributed by atoms with Gasteiger partial charge >= 0.3 is 6.18 Å². The summed E-state index contributed by atoms with van der Waals surface area (Å²) < 4.78 is 38.7. The van der Waals surface area contributed by atoms with E-state index in [4.69, 9.17) is 5.11 Å². The van der Waals surface area contributed by atoms with Crippen LogP contribution < -0.4 is 0 Å². The van der Waals surface area contributed by atoms with Crippen LogP contribution in [0, 0.1) is 0 Å². The van der Waals surface area contributed by atoms with E-state index in [9.17, 15) is 13.2 Å². The lowest BCUT2D eigenvalue weighted by Crippen LogP contribution is -2.11. The summed E-state index contributed by atoms with van der Waals surface area (Å²) in [6.07, 6.45) is -3.14. The molecular weight excluding hydrogens is 209 g/mol. The summed E-state index contributed by atoms with van der Waals surface area (Å²) in [6.45, 7) is 3.18. The van der Waals surface area contributed by atoms with Crippen LogP contribution >= 0.6 is 0 Å². The Hall–Kier alpha value is -1.04. The van der Waals surface area contributed by atoms with Crippen LogP contribution in [0.3, 0.4) is 0 Å². The van der Waals surface area contributed by atoms with E-state index in [2.05, 4.69) is 5.10 Å². The summed E-state index contributed by atoms with van der Waals surface area (Å²) in [5.74, 6) is 0. The first kappa shape index (κ1) is 12.0. The third-order valence-corrected chi connectivity index (χ3v) is 1.99. The van der Waals surface area contributed by atoms with E-state index in [1.807, 2.05) is 0 Å². The van der Waals surface area contributed by atoms with Crippen molar-refractivity contribution in [1.82, 2.24) is 9.78 Å². The number of aromatic nitrogens is 2. The molecule has 0 saturated carbocycles. The summed E-state index contributed by atoms with van der Waals surface area (Å²) in [6, 6.07) is -0.126. The molecule has 6 heteroatoms. The first-order chi connectivity index (χ1) is 6.86. The third-order valence-electron chi connectivity index (χ3n) is 1.99. The van der Waals surface area contributed by atoms with E-state index in [0.29, 0.717) is 0 Å². The van der Waals surface area contributed by atoms with E-state index in [1.54, 1.807) is 13.8 Å². The summed E-state index contributed by atoms with van der Waals surface area (Å²) in [5, 5.41) is 12.1. The lowest BCUT2D eigenvalue weighted by Gasteiger charge is -2.05. The minimum Gasteiger partial charge on any atom is -0.396 e. The fourth-order valence-electron chi connectivity index (χ4n) is 1.24. The first-order valence-electron chi connectivity index (χ1n) is 4.62. The topological polar surface area (TPSA) is 38.0 Å². The van der Waals surface area contributed by atoms with Gasteiger partial charge in [-0.2, -0.15) is 18.3 Å². The van der Waals surface area contributed by atoms with E-state index < -0.39 is 11.9 Å². The molecule has 1 heterocycles. The molecule has 1 N–H and O–H groups in total. The van der Waals surface area contributed by atoms with Gasteiger partial charge in [0.05, 0.1) is 0 Å². The minimum absolute atomic E-state index is 0.0262. The lowest BCUT2D eigenvalue weighted by atomic mass is 10.2. The van der Waals surface area contributed by atoms with Crippen LogP contribution in [-0.2, 0) is 12.6 Å². The molecule has 1 rings (SSSR count). The second-order valence-corrected chi connectivity index (χ2v) is 3.55. The Morgan fingerprint density at radius 2 is 2.07 bits per heavy atom. The highest BCUT2D eigenvalue weighted by Gasteiger charge is 2.36. The third kappa shape index (κ3) is 2.71. The van der Waals surface area contributed by atoms with Gasteiger partial charge in [-0.3, -0.25) is 4.68 Å². The molecule has 86 valence electrons. The fourth-order valence-corrected chi connectivity index (χ4v) is 1.24. The number of aliphatic hydroxyl groups excluding tert-OH is 1. The van der Waals surface area contributed by atoms with Gasteiger partial charge in [-0.25, -0.2) is 0 Å². The molecule has 0 spiro atoms. The van der Waals surface area contributed by atoms with Crippen LogP contribution in [0.2, 0.25) is 0 Å². The van der Waals surface area contributed by atoms with Gasteiger partial charge in [0.15, 0.2) is 5.69 Å². The minimum atomic E-state index is -4.45. The Kier molecular flexibility index (Phi) is 3.38. The monoisotopic (exact) mass is 222 g/mol. The van der Waals surface area contributed by atoms with Gasteiger partial charge in [0, 0.05) is 24.4 Å². The number of nitrogens with zero attached hydrogens (tertiary/aromatic N) is 2. The highest BCUT2D eigenvalue weighted by atomic mass is 19.4. The zero-order valence-corrected chi connectivity index (χ0v) is 8.54. The predicted molar refractivity (Wildman–Crippen MR) is 48.4 cm³/mol. The molecule has 0 aliphatic heterocycles. The average molecular weight is 222 g/mol. The van der Waals surface area contributed by atoms with Crippen molar-refractivity contribution in [1.29, 1.82) is 0 Å². The SMILES string of the molecule is CC(C)n1cc(CCO)c(C(F)(F)F)n1. The Morgan fingerprint density at radius 1 is 1.47 bits per heavy atom. The zero-order valence-electron chi connectivity index (χ0n) is 8.54. The number of alkyl halides is 3. The van der Waals surface area contributed by atoms with E-state index in [0.717, 1.165) is 0 Å². The molecule has 0 amide bonds. The van der Waals surface area contributed by atoms with Crippen LogP contribution in [0.25, 0.3) is 0 Å². The molecule has 15 heavy (non-hydrogen) atoms. The number of rotatable bonds is 3. The quantitative estimate of drug-likeness (QED) is 0.849. The second kappa shape index (κ2) is 4.22. The largest absolute Gasteiger partial charge is 0.435 e. The van der Waals surface area contributed by atoms with Crippen molar-refractivity contribution in [3.63, 3.8) is 0 Å². The summed E-state index contributed by atoms with van der Waals surface area (Å²) in [4.78, 5) is 0. The number of hydrogen-bond acceptors (Lipinski definition) is 2. The Bertz CT molecular complexity index is 331. The fraction of sp³-hybridized carbons (Fsp3) is 0.667. The number of hydrogen-bond donors (Lipinski definition) is 1. The van der Waals surface area contributed by atoms with Gasteiger partial charge < -0.3 is 5.11 Å². The molecule has 0 aliphatic carbocycles. The molecule has 1 aromatic heterocycles. The van der Waals surface area contributed by atoms with Crippen molar-refractivity contribution in [2.24, 2.45) is 0 Å². The smallest absolute Gasteiger partial charge is 0.396 e. The van der Waals surface area contributed by atoms with Crippen LogP contribution in [0.4, 0.5) is 13.2 Å². The van der Waals surface area contributed by atoms with Crippen molar-refractivity contribution in [2.75, 3.05) is 6.61 Å². The van der Waals surface area contributed by atoms with Gasteiger partial charge in [-0.1, -0.05) is 0 Å². The normalized spacial score (nSPS) is 12.5. The first-order valence-corrected chi connectivity index (χ1v) is 4.62. The van der Waals surface area contributed by atoms with E-state index >= 15 is 0 Å². The maximum atomic E-state index is 12.5. The molecular formula is C9H13F3N2O. The molecule has 0 fully saturated rings. The molecule has 0 unspecified atom stereocenters. The predicted octanol–water partition coefficient (Wildman–Crippen LogP) is 2.02. The maximum Gasteiger partial charge on any atom is 0.435 e. The van der Waals surface area contributed by atoms with Crippen LogP contribution in [0.5, 0.6) is 0 Å². The highest BCUT2D eigenvalue weighted by molar-refractivity contribution is 5.20.